The van der Waals surface area contributed by atoms with Crippen LogP contribution in [0.5, 0.6) is 0 Å². The Balaban J connectivity index is 1.80. The fourth-order valence-corrected chi connectivity index (χ4v) is 1.90. The summed E-state index contributed by atoms with van der Waals surface area (Å²) in [5.41, 5.74) is 1.12. The van der Waals surface area contributed by atoms with Gasteiger partial charge in [0.05, 0.1) is 19.3 Å². The second-order valence-electron chi connectivity index (χ2n) is 4.25. The molecule has 0 amide bonds. The van der Waals surface area contributed by atoms with Crippen LogP contribution in [-0.2, 0) is 4.74 Å². The van der Waals surface area contributed by atoms with E-state index in [-0.39, 0.29) is 0 Å². The molecule has 1 aromatic carbocycles. The summed E-state index contributed by atoms with van der Waals surface area (Å²) in [4.78, 5) is 2.23. The molecule has 1 atom stereocenters. The molecule has 0 aromatic heterocycles. The highest BCUT2D eigenvalue weighted by Gasteiger charge is 2.12. The van der Waals surface area contributed by atoms with Crippen molar-refractivity contribution in [1.82, 2.24) is 4.90 Å². The predicted molar refractivity (Wildman–Crippen MR) is 68.7 cm³/mol. The Morgan fingerprint density at radius 2 is 1.94 bits per heavy atom. The number of benzene rings is 1. The molecule has 1 aliphatic heterocycles. The van der Waals surface area contributed by atoms with Gasteiger partial charge in [-0.2, -0.15) is 0 Å². The number of aliphatic hydroxyl groups is 1. The Morgan fingerprint density at radius 3 is 2.65 bits per heavy atom. The molecule has 0 bridgehead atoms. The van der Waals surface area contributed by atoms with Crippen LogP contribution < -0.4 is 0 Å². The quantitative estimate of drug-likeness (QED) is 0.853. The molecule has 1 unspecified atom stereocenters. The summed E-state index contributed by atoms with van der Waals surface area (Å²) >= 11 is 0. The van der Waals surface area contributed by atoms with Crippen molar-refractivity contribution in [1.29, 1.82) is 0 Å². The molecular weight excluding hydrogens is 214 g/mol. The van der Waals surface area contributed by atoms with Gasteiger partial charge in [0.15, 0.2) is 0 Å². The molecule has 1 aliphatic rings. The van der Waals surface area contributed by atoms with E-state index in [9.17, 15) is 5.11 Å². The van der Waals surface area contributed by atoms with Gasteiger partial charge in [0, 0.05) is 19.6 Å². The number of nitrogens with zero attached hydrogens (tertiary/aromatic N) is 1. The van der Waals surface area contributed by atoms with Crippen molar-refractivity contribution in [2.75, 3.05) is 32.8 Å². The molecular formula is C14H19NO2. The summed E-state index contributed by atoms with van der Waals surface area (Å²) in [6, 6.07) is 10.0. The van der Waals surface area contributed by atoms with Gasteiger partial charge in [-0.25, -0.2) is 0 Å². The van der Waals surface area contributed by atoms with Crippen LogP contribution in [0.1, 0.15) is 5.56 Å². The smallest absolute Gasteiger partial charge is 0.0851 e. The Kier molecular flexibility index (Phi) is 4.74. The number of β-amino-alcohol motifs (C(OH)–C–C–N with tert-alkyl or cyclic N) is 1. The van der Waals surface area contributed by atoms with Crippen LogP contribution in [0.15, 0.2) is 36.4 Å². The first kappa shape index (κ1) is 12.3. The zero-order chi connectivity index (χ0) is 11.9. The third-order valence-electron chi connectivity index (χ3n) is 2.86. The highest BCUT2D eigenvalue weighted by molar-refractivity contribution is 5.49. The van der Waals surface area contributed by atoms with E-state index in [1.165, 1.54) is 0 Å². The second kappa shape index (κ2) is 6.55. The molecule has 17 heavy (non-hydrogen) atoms. The van der Waals surface area contributed by atoms with Crippen molar-refractivity contribution in [2.45, 2.75) is 6.10 Å². The fraction of sp³-hybridized carbons (Fsp3) is 0.429. The Morgan fingerprint density at radius 1 is 1.24 bits per heavy atom. The van der Waals surface area contributed by atoms with E-state index in [0.29, 0.717) is 6.54 Å². The monoisotopic (exact) mass is 233 g/mol. The van der Waals surface area contributed by atoms with E-state index in [0.717, 1.165) is 31.9 Å². The lowest BCUT2D eigenvalue weighted by Gasteiger charge is -2.27. The van der Waals surface area contributed by atoms with Crippen molar-refractivity contribution in [3.8, 4) is 0 Å². The van der Waals surface area contributed by atoms with Gasteiger partial charge < -0.3 is 9.84 Å². The van der Waals surface area contributed by atoms with Crippen LogP contribution in [0.3, 0.4) is 0 Å². The Bertz CT molecular complexity index is 344. The van der Waals surface area contributed by atoms with Gasteiger partial charge in [-0.05, 0) is 5.56 Å². The molecule has 0 spiro atoms. The average molecular weight is 233 g/mol. The maximum atomic E-state index is 9.89. The van der Waals surface area contributed by atoms with Gasteiger partial charge in [-0.15, -0.1) is 0 Å². The third-order valence-corrected chi connectivity index (χ3v) is 2.86. The van der Waals surface area contributed by atoms with Crippen LogP contribution >= 0.6 is 0 Å². The molecule has 1 fully saturated rings. The first-order valence-electron chi connectivity index (χ1n) is 6.06. The minimum Gasteiger partial charge on any atom is -0.388 e. The van der Waals surface area contributed by atoms with E-state index < -0.39 is 6.10 Å². The lowest BCUT2D eigenvalue weighted by Crippen LogP contribution is -2.40. The van der Waals surface area contributed by atoms with Gasteiger partial charge in [-0.3, -0.25) is 4.90 Å². The molecule has 3 heteroatoms. The molecule has 3 nitrogen and oxygen atoms in total. The summed E-state index contributed by atoms with van der Waals surface area (Å²) in [7, 11) is 0. The normalized spacial score (nSPS) is 19.6. The van der Waals surface area contributed by atoms with E-state index in [2.05, 4.69) is 4.90 Å². The highest BCUT2D eigenvalue weighted by atomic mass is 16.5. The number of hydrogen-bond donors (Lipinski definition) is 1. The van der Waals surface area contributed by atoms with E-state index in [1.54, 1.807) is 0 Å². The topological polar surface area (TPSA) is 32.7 Å². The summed E-state index contributed by atoms with van der Waals surface area (Å²) in [6.07, 6.45) is 3.41. The minimum absolute atomic E-state index is 0.409. The molecule has 1 heterocycles. The van der Waals surface area contributed by atoms with Gasteiger partial charge in [0.25, 0.3) is 0 Å². The SMILES string of the molecule is OC(/C=C/c1ccccc1)CN1CCOCC1. The van der Waals surface area contributed by atoms with E-state index >= 15 is 0 Å². The van der Waals surface area contributed by atoms with E-state index in [4.69, 9.17) is 4.74 Å². The van der Waals surface area contributed by atoms with Gasteiger partial charge in [0.2, 0.25) is 0 Å². The standard InChI is InChI=1S/C14H19NO2/c16-14(12-15-8-10-17-11-9-15)7-6-13-4-2-1-3-5-13/h1-7,14,16H,8-12H2/b7-6+. The van der Waals surface area contributed by atoms with E-state index in [1.807, 2.05) is 42.5 Å². The predicted octanol–water partition coefficient (Wildman–Crippen LogP) is 1.39. The molecule has 1 N–H and O–H groups in total. The zero-order valence-corrected chi connectivity index (χ0v) is 9.96. The Hall–Kier alpha value is -1.16. The van der Waals surface area contributed by atoms with Crippen molar-refractivity contribution >= 4 is 6.08 Å². The molecule has 1 saturated heterocycles. The molecule has 92 valence electrons. The van der Waals surface area contributed by atoms with Gasteiger partial charge in [-0.1, -0.05) is 42.5 Å². The summed E-state index contributed by atoms with van der Waals surface area (Å²) < 4.78 is 5.27. The molecule has 0 aliphatic carbocycles. The third kappa shape index (κ3) is 4.30. The van der Waals surface area contributed by atoms with Crippen LogP contribution in [0.25, 0.3) is 6.08 Å². The van der Waals surface area contributed by atoms with Crippen LogP contribution in [0.4, 0.5) is 0 Å². The first-order chi connectivity index (χ1) is 8.34. The van der Waals surface area contributed by atoms with Crippen LogP contribution in [-0.4, -0.2) is 49.0 Å². The van der Waals surface area contributed by atoms with Gasteiger partial charge in [0.1, 0.15) is 0 Å². The largest absolute Gasteiger partial charge is 0.388 e. The molecule has 2 rings (SSSR count). The summed E-state index contributed by atoms with van der Waals surface area (Å²) in [5, 5.41) is 9.89. The number of hydrogen-bond acceptors (Lipinski definition) is 3. The molecule has 0 radical (unpaired) electrons. The average Bonchev–Trinajstić information content (AvgIpc) is 2.39. The highest BCUT2D eigenvalue weighted by Crippen LogP contribution is 2.04. The maximum absolute atomic E-state index is 9.89. The summed E-state index contributed by atoms with van der Waals surface area (Å²) in [6.45, 7) is 4.06. The number of ether oxygens (including phenoxy) is 1. The molecule has 0 saturated carbocycles. The molecule has 1 aromatic rings. The minimum atomic E-state index is -0.409. The zero-order valence-electron chi connectivity index (χ0n) is 9.96. The van der Waals surface area contributed by atoms with Crippen LogP contribution in [0.2, 0.25) is 0 Å². The fourth-order valence-electron chi connectivity index (χ4n) is 1.90. The lowest BCUT2D eigenvalue weighted by molar-refractivity contribution is 0.0223. The number of rotatable bonds is 4. The first-order valence-corrected chi connectivity index (χ1v) is 6.06. The maximum Gasteiger partial charge on any atom is 0.0851 e. The summed E-state index contributed by atoms with van der Waals surface area (Å²) in [5.74, 6) is 0. The lowest BCUT2D eigenvalue weighted by atomic mass is 10.2. The van der Waals surface area contributed by atoms with Crippen molar-refractivity contribution in [3.05, 3.63) is 42.0 Å². The van der Waals surface area contributed by atoms with Crippen LogP contribution in [0, 0.1) is 0 Å². The Labute approximate surface area is 102 Å². The number of morpholine rings is 1. The van der Waals surface area contributed by atoms with Gasteiger partial charge >= 0.3 is 0 Å². The second-order valence-corrected chi connectivity index (χ2v) is 4.25. The van der Waals surface area contributed by atoms with Crippen molar-refractivity contribution in [2.24, 2.45) is 0 Å². The number of aliphatic hydroxyl groups excluding tert-OH is 1. The van der Waals surface area contributed by atoms with Crippen molar-refractivity contribution in [3.63, 3.8) is 0 Å². The van der Waals surface area contributed by atoms with Crippen molar-refractivity contribution < 1.29 is 9.84 Å².